The first-order valence-electron chi connectivity index (χ1n) is 11.8. The molecule has 0 saturated carbocycles. The molecule has 0 saturated heterocycles. The Morgan fingerprint density at radius 2 is 1.41 bits per heavy atom. The van der Waals surface area contributed by atoms with E-state index in [0.29, 0.717) is 6.61 Å². The minimum atomic E-state index is -0.777. The van der Waals surface area contributed by atoms with Crippen molar-refractivity contribution in [3.63, 3.8) is 0 Å². The largest absolute Gasteiger partial charge is 0.481 e. The van der Waals surface area contributed by atoms with Gasteiger partial charge in [0.05, 0.1) is 27.6 Å². The molecule has 0 aliphatic heterocycles. The molecule has 0 aliphatic rings. The van der Waals surface area contributed by atoms with Crippen molar-refractivity contribution >= 4 is 5.97 Å². The van der Waals surface area contributed by atoms with Crippen molar-refractivity contribution in [3.05, 3.63) is 24.3 Å². The van der Waals surface area contributed by atoms with Crippen molar-refractivity contribution in [2.75, 3.05) is 34.3 Å². The van der Waals surface area contributed by atoms with Gasteiger partial charge in [-0.25, -0.2) is 0 Å². The van der Waals surface area contributed by atoms with Crippen LogP contribution in [-0.4, -0.2) is 56.0 Å². The van der Waals surface area contributed by atoms with Crippen LogP contribution in [0.4, 0.5) is 0 Å². The van der Waals surface area contributed by atoms with E-state index in [-0.39, 0.29) is 12.5 Å². The molecule has 0 bridgehead atoms. The fourth-order valence-corrected chi connectivity index (χ4v) is 3.32. The average molecular weight is 411 g/mol. The number of hydrogen-bond donors (Lipinski definition) is 1. The predicted octanol–water partition coefficient (Wildman–Crippen LogP) is 6.37. The van der Waals surface area contributed by atoms with Crippen molar-refractivity contribution in [3.8, 4) is 0 Å². The first-order chi connectivity index (χ1) is 13.8. The molecule has 4 nitrogen and oxygen atoms in total. The van der Waals surface area contributed by atoms with E-state index in [0.717, 1.165) is 23.9 Å². The lowest BCUT2D eigenvalue weighted by Gasteiger charge is -2.28. The van der Waals surface area contributed by atoms with Gasteiger partial charge in [-0.3, -0.25) is 4.79 Å². The Labute approximate surface area is 180 Å². The second-order valence-electron chi connectivity index (χ2n) is 9.15. The van der Waals surface area contributed by atoms with Crippen LogP contribution in [0.1, 0.15) is 90.4 Å². The third-order valence-corrected chi connectivity index (χ3v) is 4.85. The number of aliphatic carboxylic acids is 1. The SMILES string of the molecule is CCCCC/C=C\C/C=C\CCCCCCCCO[C@@H](CC(=O)O)C[N+](C)(C)C. The van der Waals surface area contributed by atoms with Gasteiger partial charge in [0.15, 0.2) is 0 Å². The van der Waals surface area contributed by atoms with E-state index in [1.807, 2.05) is 0 Å². The van der Waals surface area contributed by atoms with E-state index in [4.69, 9.17) is 9.84 Å². The lowest BCUT2D eigenvalue weighted by Crippen LogP contribution is -2.43. The summed E-state index contributed by atoms with van der Waals surface area (Å²) in [5, 5.41) is 9.03. The zero-order chi connectivity index (χ0) is 21.8. The number of unbranched alkanes of at least 4 members (excludes halogenated alkanes) is 9. The molecule has 29 heavy (non-hydrogen) atoms. The third kappa shape index (κ3) is 23.0. The first-order valence-corrected chi connectivity index (χ1v) is 11.8. The molecule has 0 radical (unpaired) electrons. The Morgan fingerprint density at radius 1 is 0.862 bits per heavy atom. The van der Waals surface area contributed by atoms with E-state index in [1.54, 1.807) is 0 Å². The smallest absolute Gasteiger partial charge is 0.306 e. The molecule has 0 amide bonds. The van der Waals surface area contributed by atoms with Crippen LogP contribution in [0.25, 0.3) is 0 Å². The van der Waals surface area contributed by atoms with Crippen LogP contribution in [0.3, 0.4) is 0 Å². The summed E-state index contributed by atoms with van der Waals surface area (Å²) >= 11 is 0. The number of rotatable bonds is 20. The molecule has 0 aromatic heterocycles. The summed E-state index contributed by atoms with van der Waals surface area (Å²) in [6.45, 7) is 3.65. The monoisotopic (exact) mass is 410 g/mol. The van der Waals surface area contributed by atoms with E-state index in [9.17, 15) is 4.79 Å². The van der Waals surface area contributed by atoms with E-state index < -0.39 is 5.97 Å². The van der Waals surface area contributed by atoms with Crippen molar-refractivity contribution in [1.29, 1.82) is 0 Å². The zero-order valence-corrected chi connectivity index (χ0v) is 19.7. The van der Waals surface area contributed by atoms with E-state index in [1.165, 1.54) is 64.2 Å². The number of likely N-dealkylation sites (N-methyl/N-ethyl adjacent to an activating group) is 1. The number of hydrogen-bond acceptors (Lipinski definition) is 2. The molecule has 0 heterocycles. The summed E-state index contributed by atoms with van der Waals surface area (Å²) in [5.41, 5.74) is 0. The van der Waals surface area contributed by atoms with Gasteiger partial charge in [-0.1, -0.05) is 69.8 Å². The van der Waals surface area contributed by atoms with Crippen LogP contribution in [0.15, 0.2) is 24.3 Å². The maximum Gasteiger partial charge on any atom is 0.306 e. The summed E-state index contributed by atoms with van der Waals surface area (Å²) in [6.07, 6.45) is 23.9. The summed E-state index contributed by atoms with van der Waals surface area (Å²) in [6, 6.07) is 0. The molecular weight excluding hydrogens is 362 g/mol. The minimum Gasteiger partial charge on any atom is -0.481 e. The summed E-state index contributed by atoms with van der Waals surface area (Å²) in [7, 11) is 6.20. The lowest BCUT2D eigenvalue weighted by molar-refractivity contribution is -0.873. The number of ether oxygens (including phenoxy) is 1. The Hall–Kier alpha value is -1.13. The van der Waals surface area contributed by atoms with Gasteiger partial charge in [0, 0.05) is 6.61 Å². The number of carboxylic acid groups (broad SMARTS) is 1. The summed E-state index contributed by atoms with van der Waals surface area (Å²) < 4.78 is 6.56. The fourth-order valence-electron chi connectivity index (χ4n) is 3.32. The van der Waals surface area contributed by atoms with Gasteiger partial charge in [-0.2, -0.15) is 0 Å². The van der Waals surface area contributed by atoms with Crippen LogP contribution in [-0.2, 0) is 9.53 Å². The van der Waals surface area contributed by atoms with Gasteiger partial charge in [-0.05, 0) is 38.5 Å². The molecular formula is C25H48NO3+. The highest BCUT2D eigenvalue weighted by molar-refractivity contribution is 5.67. The average Bonchev–Trinajstić information content (AvgIpc) is 2.62. The Bertz CT molecular complexity index is 438. The van der Waals surface area contributed by atoms with Gasteiger partial charge in [0.2, 0.25) is 0 Å². The first kappa shape index (κ1) is 27.9. The lowest BCUT2D eigenvalue weighted by atomic mass is 10.1. The van der Waals surface area contributed by atoms with Gasteiger partial charge in [0.1, 0.15) is 12.6 Å². The number of carboxylic acids is 1. The molecule has 0 fully saturated rings. The van der Waals surface area contributed by atoms with Gasteiger partial charge in [-0.15, -0.1) is 0 Å². The van der Waals surface area contributed by atoms with Gasteiger partial charge >= 0.3 is 5.97 Å². The molecule has 4 heteroatoms. The van der Waals surface area contributed by atoms with Gasteiger partial charge < -0.3 is 14.3 Å². The molecule has 0 unspecified atom stereocenters. The Morgan fingerprint density at radius 3 is 1.97 bits per heavy atom. The fraction of sp³-hybridized carbons (Fsp3) is 0.800. The van der Waals surface area contributed by atoms with Crippen molar-refractivity contribution in [1.82, 2.24) is 0 Å². The molecule has 170 valence electrons. The minimum absolute atomic E-state index is 0.0949. The van der Waals surface area contributed by atoms with Crippen molar-refractivity contribution < 1.29 is 19.1 Å². The van der Waals surface area contributed by atoms with E-state index in [2.05, 4.69) is 52.4 Å². The van der Waals surface area contributed by atoms with Crippen molar-refractivity contribution in [2.24, 2.45) is 0 Å². The highest BCUT2D eigenvalue weighted by Gasteiger charge is 2.21. The highest BCUT2D eigenvalue weighted by atomic mass is 16.5. The quantitative estimate of drug-likeness (QED) is 0.144. The normalized spacial score (nSPS) is 13.5. The summed E-state index contributed by atoms with van der Waals surface area (Å²) in [4.78, 5) is 11.0. The maximum absolute atomic E-state index is 11.0. The van der Waals surface area contributed by atoms with Crippen LogP contribution in [0.5, 0.6) is 0 Å². The number of nitrogens with zero attached hydrogens (tertiary/aromatic N) is 1. The van der Waals surface area contributed by atoms with Crippen LogP contribution >= 0.6 is 0 Å². The topological polar surface area (TPSA) is 46.5 Å². The molecule has 0 aromatic rings. The predicted molar refractivity (Wildman–Crippen MR) is 124 cm³/mol. The molecule has 0 aromatic carbocycles. The third-order valence-electron chi connectivity index (χ3n) is 4.85. The standard InChI is InChI=1S/C25H47NO3/c1-5-6-7-8-9-10-11-12-13-14-15-16-17-18-19-20-21-29-24(22-25(27)28)23-26(2,3)4/h9-10,12-13,24H,5-8,11,14-23H2,1-4H3/p+1/b10-9-,13-12-/t24-/m0/s1. The molecule has 0 spiro atoms. The van der Waals surface area contributed by atoms with Crippen molar-refractivity contribution in [2.45, 2.75) is 96.5 Å². The molecule has 0 rings (SSSR count). The highest BCUT2D eigenvalue weighted by Crippen LogP contribution is 2.10. The molecule has 0 aliphatic carbocycles. The summed E-state index contributed by atoms with van der Waals surface area (Å²) in [5.74, 6) is -0.777. The number of allylic oxidation sites excluding steroid dienone is 4. The van der Waals surface area contributed by atoms with Crippen LogP contribution in [0, 0.1) is 0 Å². The van der Waals surface area contributed by atoms with Gasteiger partial charge in [0.25, 0.3) is 0 Å². The maximum atomic E-state index is 11.0. The van der Waals surface area contributed by atoms with Crippen LogP contribution in [0.2, 0.25) is 0 Å². The Kier molecular flexibility index (Phi) is 18.1. The molecule has 1 N–H and O–H groups in total. The van der Waals surface area contributed by atoms with E-state index >= 15 is 0 Å². The second-order valence-corrected chi connectivity index (χ2v) is 9.15. The van der Waals surface area contributed by atoms with Crippen LogP contribution < -0.4 is 0 Å². The Balaban J connectivity index is 3.53. The second kappa shape index (κ2) is 18.9. The number of carbonyl (C=O) groups is 1. The number of quaternary nitrogens is 1. The molecule has 1 atom stereocenters. The zero-order valence-electron chi connectivity index (χ0n) is 19.7.